The molecule has 1 aliphatic rings. The van der Waals surface area contributed by atoms with E-state index in [9.17, 15) is 4.21 Å². The summed E-state index contributed by atoms with van der Waals surface area (Å²) in [6.45, 7) is 5.36. The second-order valence-corrected chi connectivity index (χ2v) is 7.14. The van der Waals surface area contributed by atoms with E-state index in [1.165, 1.54) is 32.1 Å². The zero-order chi connectivity index (χ0) is 12.0. The number of hydrogen-bond acceptors (Lipinski definition) is 2. The lowest BCUT2D eigenvalue weighted by molar-refractivity contribution is 0.403. The van der Waals surface area contributed by atoms with Gasteiger partial charge in [0.25, 0.3) is 0 Å². The molecule has 0 spiro atoms. The van der Waals surface area contributed by atoms with Crippen LogP contribution in [0.4, 0.5) is 0 Å². The van der Waals surface area contributed by atoms with Crippen molar-refractivity contribution in [2.45, 2.75) is 63.7 Å². The van der Waals surface area contributed by atoms with Crippen LogP contribution in [0.1, 0.15) is 52.4 Å². The smallest absolute Gasteiger partial charge is 0.0329 e. The predicted octanol–water partition coefficient (Wildman–Crippen LogP) is 2.70. The van der Waals surface area contributed by atoms with Gasteiger partial charge in [0.15, 0.2) is 0 Å². The molecule has 0 aromatic carbocycles. The highest BCUT2D eigenvalue weighted by Crippen LogP contribution is 2.28. The molecule has 1 aliphatic carbocycles. The van der Waals surface area contributed by atoms with E-state index in [2.05, 4.69) is 19.2 Å². The van der Waals surface area contributed by atoms with Crippen LogP contribution in [0.15, 0.2) is 0 Å². The summed E-state index contributed by atoms with van der Waals surface area (Å²) in [5.74, 6) is 0.959. The van der Waals surface area contributed by atoms with Crippen LogP contribution >= 0.6 is 0 Å². The second kappa shape index (κ2) is 7.44. The summed E-state index contributed by atoms with van der Waals surface area (Å²) in [5.41, 5.74) is 0. The second-order valence-electron chi connectivity index (χ2n) is 5.34. The molecule has 1 rings (SSSR count). The molecule has 0 saturated heterocycles. The van der Waals surface area contributed by atoms with Crippen LogP contribution in [0.2, 0.25) is 0 Å². The van der Waals surface area contributed by atoms with Crippen LogP contribution in [-0.4, -0.2) is 28.3 Å². The lowest BCUT2D eigenvalue weighted by atomic mass is 9.99. The van der Waals surface area contributed by atoms with Crippen LogP contribution in [-0.2, 0) is 10.8 Å². The Balaban J connectivity index is 2.05. The first-order valence-electron chi connectivity index (χ1n) is 6.65. The van der Waals surface area contributed by atoms with Gasteiger partial charge in [0.2, 0.25) is 0 Å². The van der Waals surface area contributed by atoms with Gasteiger partial charge in [0, 0.05) is 28.3 Å². The monoisotopic (exact) mass is 245 g/mol. The third-order valence-corrected chi connectivity index (χ3v) is 5.14. The van der Waals surface area contributed by atoms with Gasteiger partial charge in [-0.2, -0.15) is 0 Å². The predicted molar refractivity (Wildman–Crippen MR) is 72.2 cm³/mol. The Bertz CT molecular complexity index is 214. The molecular formula is C13H27NOS. The van der Waals surface area contributed by atoms with E-state index in [1.54, 1.807) is 6.26 Å². The zero-order valence-electron chi connectivity index (χ0n) is 11.0. The lowest BCUT2D eigenvalue weighted by Gasteiger charge is -2.18. The number of nitrogens with one attached hydrogen (secondary N) is 1. The first-order chi connectivity index (χ1) is 7.59. The number of rotatable bonds is 7. The summed E-state index contributed by atoms with van der Waals surface area (Å²) in [5, 5.41) is 3.89. The number of hydrogen-bond donors (Lipinski definition) is 1. The van der Waals surface area contributed by atoms with Gasteiger partial charge in [-0.25, -0.2) is 0 Å². The normalized spacial score (nSPS) is 23.2. The van der Waals surface area contributed by atoms with Crippen molar-refractivity contribution in [2.24, 2.45) is 5.92 Å². The first-order valence-corrected chi connectivity index (χ1v) is 8.27. The van der Waals surface area contributed by atoms with Gasteiger partial charge in [-0.05, 0) is 32.2 Å². The first kappa shape index (κ1) is 14.2. The van der Waals surface area contributed by atoms with E-state index in [-0.39, 0.29) is 0 Å². The fourth-order valence-electron chi connectivity index (χ4n) is 2.53. The fourth-order valence-corrected chi connectivity index (χ4v) is 2.98. The third-order valence-electron chi connectivity index (χ3n) is 3.77. The fraction of sp³-hybridized carbons (Fsp3) is 1.00. The highest BCUT2D eigenvalue weighted by molar-refractivity contribution is 7.84. The summed E-state index contributed by atoms with van der Waals surface area (Å²) in [6.07, 6.45) is 9.88. The van der Waals surface area contributed by atoms with Crippen molar-refractivity contribution in [3.8, 4) is 0 Å². The van der Waals surface area contributed by atoms with Crippen molar-refractivity contribution >= 4 is 10.8 Å². The van der Waals surface area contributed by atoms with Crippen molar-refractivity contribution in [1.29, 1.82) is 0 Å². The van der Waals surface area contributed by atoms with Gasteiger partial charge in [0.1, 0.15) is 0 Å². The van der Waals surface area contributed by atoms with E-state index >= 15 is 0 Å². The Morgan fingerprint density at radius 2 is 1.94 bits per heavy atom. The van der Waals surface area contributed by atoms with Crippen LogP contribution < -0.4 is 5.32 Å². The van der Waals surface area contributed by atoms with Gasteiger partial charge in [-0.3, -0.25) is 4.21 Å². The Hall–Kier alpha value is 0.110. The van der Waals surface area contributed by atoms with Gasteiger partial charge >= 0.3 is 0 Å². The molecule has 96 valence electrons. The minimum Gasteiger partial charge on any atom is -0.314 e. The molecule has 0 aliphatic heterocycles. The molecule has 3 unspecified atom stereocenters. The van der Waals surface area contributed by atoms with E-state index in [4.69, 9.17) is 0 Å². The highest BCUT2D eigenvalue weighted by atomic mass is 32.2. The van der Waals surface area contributed by atoms with Crippen molar-refractivity contribution in [3.63, 3.8) is 0 Å². The summed E-state index contributed by atoms with van der Waals surface area (Å²) in [7, 11) is -0.669. The summed E-state index contributed by atoms with van der Waals surface area (Å²) in [6, 6.07) is 0.626. The maximum Gasteiger partial charge on any atom is 0.0329 e. The molecule has 0 heterocycles. The summed E-state index contributed by atoms with van der Waals surface area (Å²) >= 11 is 0. The average molecular weight is 245 g/mol. The summed E-state index contributed by atoms with van der Waals surface area (Å²) in [4.78, 5) is 0. The van der Waals surface area contributed by atoms with Crippen LogP contribution in [0.25, 0.3) is 0 Å². The third kappa shape index (κ3) is 5.44. The Morgan fingerprint density at radius 1 is 1.31 bits per heavy atom. The standard InChI is InChI=1S/C13H27NOS/c1-11(10-13-6-4-5-7-13)14-9-8-12(2)16(3)15/h11-14H,4-10H2,1-3H3. The molecule has 3 atom stereocenters. The molecule has 0 amide bonds. The van der Waals surface area contributed by atoms with Gasteiger partial charge in [0.05, 0.1) is 0 Å². The Kier molecular flexibility index (Phi) is 6.59. The average Bonchev–Trinajstić information content (AvgIpc) is 2.70. The van der Waals surface area contributed by atoms with Crippen molar-refractivity contribution in [3.05, 3.63) is 0 Å². The minimum absolute atomic E-state index is 0.325. The van der Waals surface area contributed by atoms with E-state index in [1.807, 2.05) is 0 Å². The van der Waals surface area contributed by atoms with Crippen molar-refractivity contribution < 1.29 is 4.21 Å². The maximum absolute atomic E-state index is 11.2. The van der Waals surface area contributed by atoms with E-state index < -0.39 is 10.8 Å². The van der Waals surface area contributed by atoms with Crippen molar-refractivity contribution in [2.75, 3.05) is 12.8 Å². The van der Waals surface area contributed by atoms with E-state index in [0.29, 0.717) is 11.3 Å². The molecule has 1 saturated carbocycles. The van der Waals surface area contributed by atoms with Gasteiger partial charge in [-0.15, -0.1) is 0 Å². The molecule has 16 heavy (non-hydrogen) atoms. The lowest BCUT2D eigenvalue weighted by Crippen LogP contribution is -2.30. The SMILES string of the molecule is CC(CC1CCCC1)NCCC(C)S(C)=O. The highest BCUT2D eigenvalue weighted by Gasteiger charge is 2.17. The molecule has 1 N–H and O–H groups in total. The maximum atomic E-state index is 11.2. The molecule has 0 aromatic rings. The summed E-state index contributed by atoms with van der Waals surface area (Å²) < 4.78 is 11.2. The topological polar surface area (TPSA) is 29.1 Å². The van der Waals surface area contributed by atoms with Crippen LogP contribution in [0, 0.1) is 5.92 Å². The molecule has 0 bridgehead atoms. The minimum atomic E-state index is -0.669. The van der Waals surface area contributed by atoms with E-state index in [0.717, 1.165) is 18.9 Å². The van der Waals surface area contributed by atoms with Crippen molar-refractivity contribution in [1.82, 2.24) is 5.32 Å². The molecule has 1 fully saturated rings. The molecule has 0 radical (unpaired) electrons. The van der Waals surface area contributed by atoms with Gasteiger partial charge in [-0.1, -0.05) is 32.6 Å². The van der Waals surface area contributed by atoms with Crippen LogP contribution in [0.3, 0.4) is 0 Å². The zero-order valence-corrected chi connectivity index (χ0v) is 11.8. The molecule has 2 nitrogen and oxygen atoms in total. The largest absolute Gasteiger partial charge is 0.314 e. The Morgan fingerprint density at radius 3 is 2.50 bits per heavy atom. The molecular weight excluding hydrogens is 218 g/mol. The van der Waals surface area contributed by atoms with Gasteiger partial charge < -0.3 is 5.32 Å². The Labute approximate surface area is 103 Å². The molecule has 0 aromatic heterocycles. The van der Waals surface area contributed by atoms with Crippen LogP contribution in [0.5, 0.6) is 0 Å². The quantitative estimate of drug-likeness (QED) is 0.747. The molecule has 3 heteroatoms.